The Morgan fingerprint density at radius 2 is 1.91 bits per heavy atom. The van der Waals surface area contributed by atoms with E-state index in [1.54, 1.807) is 13.8 Å². The van der Waals surface area contributed by atoms with Crippen molar-refractivity contribution in [1.29, 1.82) is 0 Å². The number of nitrogens with zero attached hydrogens (tertiary/aromatic N) is 1. The van der Waals surface area contributed by atoms with Crippen LogP contribution in [0, 0.1) is 24.0 Å². The van der Waals surface area contributed by atoms with Gasteiger partial charge in [-0.05, 0) is 50.5 Å². The van der Waals surface area contributed by atoms with E-state index < -0.39 is 23.0 Å². The van der Waals surface area contributed by atoms with Crippen LogP contribution in [0.15, 0.2) is 41.6 Å². The SMILES string of the molecule is CCOC(=O)C1=C(C)NC(=O)NC1c1cc(OC)c(OCc2cc(C)ccc2C)c([N+](=O)[O-])c1. The van der Waals surface area contributed by atoms with Gasteiger partial charge in [0, 0.05) is 11.8 Å². The second-order valence-corrected chi connectivity index (χ2v) is 7.84. The van der Waals surface area contributed by atoms with Gasteiger partial charge in [-0.25, -0.2) is 9.59 Å². The van der Waals surface area contributed by atoms with Gasteiger partial charge < -0.3 is 24.8 Å². The summed E-state index contributed by atoms with van der Waals surface area (Å²) in [7, 11) is 1.36. The van der Waals surface area contributed by atoms with Crippen LogP contribution in [0.4, 0.5) is 10.5 Å². The van der Waals surface area contributed by atoms with Crippen LogP contribution in [0.3, 0.4) is 0 Å². The van der Waals surface area contributed by atoms with Gasteiger partial charge in [-0.1, -0.05) is 23.8 Å². The van der Waals surface area contributed by atoms with Crippen molar-refractivity contribution in [3.8, 4) is 11.5 Å². The molecule has 10 nitrogen and oxygen atoms in total. The number of carbonyl (C=O) groups excluding carboxylic acids is 2. The fourth-order valence-electron chi connectivity index (χ4n) is 3.74. The number of nitro groups is 1. The zero-order chi connectivity index (χ0) is 25.0. The Bertz CT molecular complexity index is 1170. The number of ether oxygens (including phenoxy) is 3. The summed E-state index contributed by atoms with van der Waals surface area (Å²) in [4.78, 5) is 36.1. The lowest BCUT2D eigenvalue weighted by Gasteiger charge is -2.28. The Hall–Kier alpha value is -4.08. The molecule has 0 saturated carbocycles. The summed E-state index contributed by atoms with van der Waals surface area (Å²) < 4.78 is 16.4. The molecule has 2 aromatic rings. The number of amides is 2. The molecule has 1 aliphatic heterocycles. The smallest absolute Gasteiger partial charge is 0.338 e. The van der Waals surface area contributed by atoms with Gasteiger partial charge in [0.25, 0.3) is 0 Å². The van der Waals surface area contributed by atoms with Crippen molar-refractivity contribution in [1.82, 2.24) is 10.6 Å². The number of carbonyl (C=O) groups is 2. The number of aryl methyl sites for hydroxylation is 2. The van der Waals surface area contributed by atoms with Crippen molar-refractivity contribution < 1.29 is 28.7 Å². The van der Waals surface area contributed by atoms with Gasteiger partial charge in [-0.15, -0.1) is 0 Å². The minimum absolute atomic E-state index is 0.0456. The normalized spacial score (nSPS) is 15.3. The highest BCUT2D eigenvalue weighted by Gasteiger charge is 2.35. The predicted molar refractivity (Wildman–Crippen MR) is 124 cm³/mol. The van der Waals surface area contributed by atoms with Crippen molar-refractivity contribution in [3.05, 3.63) is 74.0 Å². The quantitative estimate of drug-likeness (QED) is 0.340. The van der Waals surface area contributed by atoms with Crippen LogP contribution in [0.2, 0.25) is 0 Å². The molecular formula is C24H27N3O7. The first-order valence-electron chi connectivity index (χ1n) is 10.7. The second kappa shape index (κ2) is 10.2. The summed E-state index contributed by atoms with van der Waals surface area (Å²) in [5.74, 6) is -0.590. The molecule has 1 aliphatic rings. The molecule has 0 radical (unpaired) electrons. The van der Waals surface area contributed by atoms with Crippen molar-refractivity contribution in [2.75, 3.05) is 13.7 Å². The lowest BCUT2D eigenvalue weighted by Crippen LogP contribution is -2.45. The summed E-state index contributed by atoms with van der Waals surface area (Å²) >= 11 is 0. The molecule has 1 unspecified atom stereocenters. The maximum atomic E-state index is 12.6. The molecule has 10 heteroatoms. The number of allylic oxidation sites excluding steroid dienone is 1. The monoisotopic (exact) mass is 469 g/mol. The third-order valence-electron chi connectivity index (χ3n) is 5.45. The minimum Gasteiger partial charge on any atom is -0.493 e. The average Bonchev–Trinajstić information content (AvgIpc) is 2.78. The first-order chi connectivity index (χ1) is 16.2. The first kappa shape index (κ1) is 24.6. The number of nitro benzene ring substituents is 1. The number of benzene rings is 2. The number of hydrogen-bond acceptors (Lipinski definition) is 7. The molecule has 2 aromatic carbocycles. The van der Waals surface area contributed by atoms with Gasteiger partial charge in [0.1, 0.15) is 6.61 Å². The van der Waals surface area contributed by atoms with E-state index in [-0.39, 0.29) is 41.5 Å². The molecule has 3 rings (SSSR count). The van der Waals surface area contributed by atoms with E-state index in [4.69, 9.17) is 14.2 Å². The maximum absolute atomic E-state index is 12.6. The highest BCUT2D eigenvalue weighted by atomic mass is 16.6. The van der Waals surface area contributed by atoms with Crippen LogP contribution in [0.25, 0.3) is 0 Å². The first-order valence-corrected chi connectivity index (χ1v) is 10.7. The summed E-state index contributed by atoms with van der Waals surface area (Å²) in [6, 6.07) is 7.12. The Balaban J connectivity index is 2.06. The molecule has 2 amide bonds. The van der Waals surface area contributed by atoms with Crippen LogP contribution < -0.4 is 20.1 Å². The van der Waals surface area contributed by atoms with E-state index in [0.29, 0.717) is 5.70 Å². The molecule has 0 fully saturated rings. The molecular weight excluding hydrogens is 442 g/mol. The van der Waals surface area contributed by atoms with Gasteiger partial charge in [0.15, 0.2) is 5.75 Å². The van der Waals surface area contributed by atoms with E-state index in [0.717, 1.165) is 16.7 Å². The number of esters is 1. The number of rotatable bonds is 8. The highest BCUT2D eigenvalue weighted by molar-refractivity contribution is 5.95. The van der Waals surface area contributed by atoms with Crippen molar-refractivity contribution in [3.63, 3.8) is 0 Å². The van der Waals surface area contributed by atoms with E-state index in [2.05, 4.69) is 10.6 Å². The Kier molecular flexibility index (Phi) is 7.40. The molecule has 34 heavy (non-hydrogen) atoms. The fourth-order valence-corrected chi connectivity index (χ4v) is 3.74. The summed E-state index contributed by atoms with van der Waals surface area (Å²) in [5.41, 5.74) is 3.27. The maximum Gasteiger partial charge on any atom is 0.338 e. The van der Waals surface area contributed by atoms with Crippen LogP contribution in [0.1, 0.15) is 42.1 Å². The van der Waals surface area contributed by atoms with Gasteiger partial charge >= 0.3 is 17.7 Å². The molecule has 0 aromatic heterocycles. The Labute approximate surface area is 197 Å². The van der Waals surface area contributed by atoms with E-state index in [1.807, 2.05) is 32.0 Å². The lowest BCUT2D eigenvalue weighted by atomic mass is 9.94. The van der Waals surface area contributed by atoms with Gasteiger partial charge in [-0.2, -0.15) is 0 Å². The molecule has 1 atom stereocenters. The van der Waals surface area contributed by atoms with Gasteiger partial charge in [-0.3, -0.25) is 10.1 Å². The molecule has 0 aliphatic carbocycles. The molecule has 0 spiro atoms. The summed E-state index contributed by atoms with van der Waals surface area (Å²) in [6.07, 6.45) is 0. The molecule has 180 valence electrons. The van der Waals surface area contributed by atoms with E-state index in [1.165, 1.54) is 19.2 Å². The van der Waals surface area contributed by atoms with Crippen LogP contribution >= 0.6 is 0 Å². The largest absolute Gasteiger partial charge is 0.493 e. The lowest BCUT2D eigenvalue weighted by molar-refractivity contribution is -0.386. The van der Waals surface area contributed by atoms with Crippen LogP contribution in [-0.2, 0) is 16.1 Å². The van der Waals surface area contributed by atoms with Crippen molar-refractivity contribution in [2.45, 2.75) is 40.3 Å². The van der Waals surface area contributed by atoms with Crippen LogP contribution in [0.5, 0.6) is 11.5 Å². The second-order valence-electron chi connectivity index (χ2n) is 7.84. The number of methoxy groups -OCH3 is 1. The number of nitrogens with one attached hydrogen (secondary N) is 2. The zero-order valence-electron chi connectivity index (χ0n) is 19.7. The zero-order valence-corrected chi connectivity index (χ0v) is 19.7. The molecule has 1 heterocycles. The summed E-state index contributed by atoms with van der Waals surface area (Å²) in [5, 5.41) is 17.1. The number of urea groups is 1. The van der Waals surface area contributed by atoms with Gasteiger partial charge in [0.05, 0.1) is 30.3 Å². The highest BCUT2D eigenvalue weighted by Crippen LogP contribution is 2.42. The summed E-state index contributed by atoms with van der Waals surface area (Å²) in [6.45, 7) is 7.33. The topological polar surface area (TPSA) is 129 Å². The van der Waals surface area contributed by atoms with Crippen LogP contribution in [-0.4, -0.2) is 30.6 Å². The average molecular weight is 469 g/mol. The Morgan fingerprint density at radius 3 is 2.56 bits per heavy atom. The van der Waals surface area contributed by atoms with Gasteiger partial charge in [0.2, 0.25) is 5.75 Å². The van der Waals surface area contributed by atoms with Crippen molar-refractivity contribution >= 4 is 17.7 Å². The minimum atomic E-state index is -0.978. The Morgan fingerprint density at radius 1 is 1.18 bits per heavy atom. The molecule has 2 N–H and O–H groups in total. The third kappa shape index (κ3) is 5.11. The van der Waals surface area contributed by atoms with E-state index in [9.17, 15) is 19.7 Å². The number of hydrogen-bond donors (Lipinski definition) is 2. The van der Waals surface area contributed by atoms with Crippen molar-refractivity contribution in [2.24, 2.45) is 0 Å². The fraction of sp³-hybridized carbons (Fsp3) is 0.333. The predicted octanol–water partition coefficient (Wildman–Crippen LogP) is 3.99. The van der Waals surface area contributed by atoms with E-state index >= 15 is 0 Å². The third-order valence-corrected chi connectivity index (χ3v) is 5.45. The standard InChI is InChI=1S/C24H27N3O7/c1-6-33-23(28)20-15(4)25-24(29)26-21(20)16-10-18(27(30)31)22(19(11-16)32-5)34-12-17-9-13(2)7-8-14(17)3/h7-11,21H,6,12H2,1-5H3,(H2,25,26,29). The molecule has 0 bridgehead atoms. The molecule has 0 saturated heterocycles.